The fraction of sp³-hybridized carbons (Fsp3) is 0.471. The zero-order valence-corrected chi connectivity index (χ0v) is 15.0. The van der Waals surface area contributed by atoms with E-state index in [2.05, 4.69) is 5.10 Å². The zero-order valence-electron chi connectivity index (χ0n) is 14.2. The van der Waals surface area contributed by atoms with Gasteiger partial charge in [0.25, 0.3) is 0 Å². The van der Waals surface area contributed by atoms with E-state index in [1.165, 1.54) is 16.7 Å². The summed E-state index contributed by atoms with van der Waals surface area (Å²) in [5, 5.41) is 14.5. The molecule has 3 rings (SSSR count). The Labute approximate surface area is 142 Å². The molecular formula is C17H23N3O3S. The second-order valence-corrected chi connectivity index (χ2v) is 8.77. The normalized spacial score (nSPS) is 19.8. The van der Waals surface area contributed by atoms with E-state index < -0.39 is 21.7 Å². The SMILES string of the molecule is Cc1ccc(-n2cc(S(=O)(=O)N3CCCC3C(C)(C)O)cn2)cc1. The Balaban J connectivity index is 1.92. The van der Waals surface area contributed by atoms with Gasteiger partial charge in [-0.1, -0.05) is 17.7 Å². The fourth-order valence-electron chi connectivity index (χ4n) is 3.15. The minimum absolute atomic E-state index is 0.152. The molecule has 1 atom stereocenters. The number of benzene rings is 1. The molecule has 1 aliphatic heterocycles. The van der Waals surface area contributed by atoms with E-state index in [0.29, 0.717) is 13.0 Å². The summed E-state index contributed by atoms with van der Waals surface area (Å²) < 4.78 is 28.9. The molecule has 1 unspecified atom stereocenters. The highest BCUT2D eigenvalue weighted by atomic mass is 32.2. The summed E-state index contributed by atoms with van der Waals surface area (Å²) in [4.78, 5) is 0.152. The van der Waals surface area contributed by atoms with Crippen LogP contribution in [0.1, 0.15) is 32.3 Å². The highest BCUT2D eigenvalue weighted by Gasteiger charge is 2.43. The van der Waals surface area contributed by atoms with Crippen LogP contribution in [-0.2, 0) is 10.0 Å². The van der Waals surface area contributed by atoms with E-state index in [0.717, 1.165) is 17.7 Å². The molecule has 6 nitrogen and oxygen atoms in total. The molecule has 1 fully saturated rings. The summed E-state index contributed by atoms with van der Waals surface area (Å²) in [5.74, 6) is 0. The lowest BCUT2D eigenvalue weighted by atomic mass is 9.98. The lowest BCUT2D eigenvalue weighted by Crippen LogP contribution is -2.48. The second-order valence-electron chi connectivity index (χ2n) is 6.88. The molecule has 0 amide bonds. The number of rotatable bonds is 4. The summed E-state index contributed by atoms with van der Waals surface area (Å²) in [6.45, 7) is 5.72. The molecule has 1 aromatic heterocycles. The zero-order chi connectivity index (χ0) is 17.5. The maximum Gasteiger partial charge on any atom is 0.246 e. The Morgan fingerprint density at radius 3 is 2.54 bits per heavy atom. The maximum atomic E-state index is 13.0. The molecule has 2 aromatic rings. The number of sulfonamides is 1. The highest BCUT2D eigenvalue weighted by molar-refractivity contribution is 7.89. The van der Waals surface area contributed by atoms with E-state index in [-0.39, 0.29) is 4.90 Å². The van der Waals surface area contributed by atoms with Crippen LogP contribution in [0.25, 0.3) is 5.69 Å². The maximum absolute atomic E-state index is 13.0. The van der Waals surface area contributed by atoms with Crippen molar-refractivity contribution in [3.05, 3.63) is 42.2 Å². The van der Waals surface area contributed by atoms with Crippen molar-refractivity contribution in [2.24, 2.45) is 0 Å². The molecule has 0 bridgehead atoms. The van der Waals surface area contributed by atoms with Crippen LogP contribution in [0.5, 0.6) is 0 Å². The van der Waals surface area contributed by atoms with Gasteiger partial charge in [0, 0.05) is 6.54 Å². The molecule has 1 aliphatic rings. The van der Waals surface area contributed by atoms with E-state index >= 15 is 0 Å². The standard InChI is InChI=1S/C17H23N3O3S/c1-13-6-8-14(9-7-13)19-12-15(11-18-19)24(22,23)20-10-4-5-16(20)17(2,3)21/h6-9,11-12,16,21H,4-5,10H2,1-3H3. The Hall–Kier alpha value is -1.70. The predicted octanol–water partition coefficient (Wildman–Crippen LogP) is 2.10. The first kappa shape index (κ1) is 17.1. The average Bonchev–Trinajstić information content (AvgIpc) is 3.17. The van der Waals surface area contributed by atoms with Crippen LogP contribution in [0, 0.1) is 6.92 Å². The summed E-state index contributed by atoms with van der Waals surface area (Å²) >= 11 is 0. The lowest BCUT2D eigenvalue weighted by molar-refractivity contribution is 0.0215. The van der Waals surface area contributed by atoms with Crippen molar-refractivity contribution in [3.8, 4) is 5.69 Å². The molecule has 1 N–H and O–H groups in total. The number of aliphatic hydroxyl groups is 1. The predicted molar refractivity (Wildman–Crippen MR) is 91.5 cm³/mol. The number of hydrogen-bond acceptors (Lipinski definition) is 4. The minimum atomic E-state index is -3.68. The van der Waals surface area contributed by atoms with Crippen molar-refractivity contribution >= 4 is 10.0 Å². The summed E-state index contributed by atoms with van der Waals surface area (Å²) in [7, 11) is -3.68. The van der Waals surface area contributed by atoms with Crippen LogP contribution in [-0.4, -0.2) is 45.8 Å². The Morgan fingerprint density at radius 2 is 1.92 bits per heavy atom. The van der Waals surface area contributed by atoms with Crippen LogP contribution in [0.3, 0.4) is 0 Å². The molecule has 0 aliphatic carbocycles. The molecule has 7 heteroatoms. The average molecular weight is 349 g/mol. The lowest BCUT2D eigenvalue weighted by Gasteiger charge is -2.32. The van der Waals surface area contributed by atoms with Gasteiger partial charge in [-0.05, 0) is 45.7 Å². The molecule has 0 radical (unpaired) electrons. The van der Waals surface area contributed by atoms with Crippen molar-refractivity contribution in [2.75, 3.05) is 6.54 Å². The van der Waals surface area contributed by atoms with Gasteiger partial charge in [-0.2, -0.15) is 9.40 Å². The first-order chi connectivity index (χ1) is 11.2. The van der Waals surface area contributed by atoms with Crippen LogP contribution in [0.15, 0.2) is 41.6 Å². The van der Waals surface area contributed by atoms with Gasteiger partial charge >= 0.3 is 0 Å². The monoisotopic (exact) mass is 349 g/mol. The minimum Gasteiger partial charge on any atom is -0.389 e. The first-order valence-corrected chi connectivity index (χ1v) is 9.49. The van der Waals surface area contributed by atoms with E-state index in [9.17, 15) is 13.5 Å². The third-order valence-corrected chi connectivity index (χ3v) is 6.34. The molecule has 130 valence electrons. The van der Waals surface area contributed by atoms with Gasteiger partial charge in [0.2, 0.25) is 10.0 Å². The molecular weight excluding hydrogens is 326 g/mol. The second kappa shape index (κ2) is 5.98. The Kier molecular flexibility index (Phi) is 4.27. The van der Waals surface area contributed by atoms with Gasteiger partial charge in [0.15, 0.2) is 0 Å². The number of nitrogens with zero attached hydrogens (tertiary/aromatic N) is 3. The third kappa shape index (κ3) is 3.11. The van der Waals surface area contributed by atoms with E-state index in [4.69, 9.17) is 0 Å². The van der Waals surface area contributed by atoms with Crippen LogP contribution >= 0.6 is 0 Å². The third-order valence-electron chi connectivity index (χ3n) is 4.48. The summed E-state index contributed by atoms with van der Waals surface area (Å²) in [5.41, 5.74) is 0.864. The first-order valence-electron chi connectivity index (χ1n) is 8.05. The van der Waals surface area contributed by atoms with Crippen molar-refractivity contribution in [2.45, 2.75) is 50.2 Å². The summed E-state index contributed by atoms with van der Waals surface area (Å²) in [6, 6.07) is 7.29. The van der Waals surface area contributed by atoms with Gasteiger partial charge < -0.3 is 5.11 Å². The Morgan fingerprint density at radius 1 is 1.25 bits per heavy atom. The van der Waals surface area contributed by atoms with Gasteiger partial charge in [-0.3, -0.25) is 0 Å². The molecule has 1 aromatic carbocycles. The number of hydrogen-bond donors (Lipinski definition) is 1. The number of aryl methyl sites for hydroxylation is 1. The highest BCUT2D eigenvalue weighted by Crippen LogP contribution is 2.32. The quantitative estimate of drug-likeness (QED) is 0.917. The van der Waals surface area contributed by atoms with Gasteiger partial charge in [-0.25, -0.2) is 13.1 Å². The van der Waals surface area contributed by atoms with Gasteiger partial charge in [0.05, 0.1) is 29.7 Å². The van der Waals surface area contributed by atoms with Crippen molar-refractivity contribution < 1.29 is 13.5 Å². The fourth-order valence-corrected chi connectivity index (χ4v) is 4.90. The largest absolute Gasteiger partial charge is 0.389 e. The molecule has 0 saturated carbocycles. The van der Waals surface area contributed by atoms with Crippen LogP contribution in [0.4, 0.5) is 0 Å². The van der Waals surface area contributed by atoms with Gasteiger partial charge in [0.1, 0.15) is 4.90 Å². The van der Waals surface area contributed by atoms with Gasteiger partial charge in [-0.15, -0.1) is 0 Å². The molecule has 1 saturated heterocycles. The van der Waals surface area contributed by atoms with Crippen LogP contribution < -0.4 is 0 Å². The van der Waals surface area contributed by atoms with E-state index in [1.54, 1.807) is 18.5 Å². The van der Waals surface area contributed by atoms with Crippen molar-refractivity contribution in [1.29, 1.82) is 0 Å². The van der Waals surface area contributed by atoms with Crippen LogP contribution in [0.2, 0.25) is 0 Å². The topological polar surface area (TPSA) is 75.4 Å². The molecule has 2 heterocycles. The smallest absolute Gasteiger partial charge is 0.246 e. The van der Waals surface area contributed by atoms with E-state index in [1.807, 2.05) is 31.2 Å². The molecule has 0 spiro atoms. The molecule has 24 heavy (non-hydrogen) atoms. The number of aromatic nitrogens is 2. The Bertz CT molecular complexity index is 820. The van der Waals surface area contributed by atoms with Crippen molar-refractivity contribution in [3.63, 3.8) is 0 Å². The summed E-state index contributed by atoms with van der Waals surface area (Å²) in [6.07, 6.45) is 4.31. The van der Waals surface area contributed by atoms with Crippen molar-refractivity contribution in [1.82, 2.24) is 14.1 Å².